The van der Waals surface area contributed by atoms with Crippen molar-refractivity contribution in [1.29, 1.82) is 0 Å². The molecule has 0 radical (unpaired) electrons. The van der Waals surface area contributed by atoms with Gasteiger partial charge in [-0.05, 0) is 48.9 Å². The molecule has 0 amide bonds. The van der Waals surface area contributed by atoms with Crippen molar-refractivity contribution in [3.8, 4) is 23.0 Å². The molecule has 26 heavy (non-hydrogen) atoms. The van der Waals surface area contributed by atoms with Gasteiger partial charge < -0.3 is 4.52 Å². The molecule has 6 nitrogen and oxygen atoms in total. The van der Waals surface area contributed by atoms with Crippen LogP contribution >= 0.6 is 11.6 Å². The van der Waals surface area contributed by atoms with Crippen molar-refractivity contribution in [2.75, 3.05) is 0 Å². The van der Waals surface area contributed by atoms with E-state index in [-0.39, 0.29) is 5.82 Å². The highest BCUT2D eigenvalue weighted by molar-refractivity contribution is 6.29. The highest BCUT2D eigenvalue weighted by Crippen LogP contribution is 2.22. The first kappa shape index (κ1) is 16.4. The summed E-state index contributed by atoms with van der Waals surface area (Å²) in [4.78, 5) is 8.42. The molecule has 3 aromatic heterocycles. The van der Waals surface area contributed by atoms with Gasteiger partial charge in [-0.25, -0.2) is 9.37 Å². The maximum Gasteiger partial charge on any atom is 0.278 e. The lowest BCUT2D eigenvalue weighted by atomic mass is 10.2. The molecule has 8 heteroatoms. The van der Waals surface area contributed by atoms with Crippen LogP contribution in [0.15, 0.2) is 53.2 Å². The topological polar surface area (TPSA) is 69.6 Å². The summed E-state index contributed by atoms with van der Waals surface area (Å²) in [6.45, 7) is 2.49. The Morgan fingerprint density at radius 1 is 1.15 bits per heavy atom. The third-order valence-electron chi connectivity index (χ3n) is 3.85. The molecule has 4 aromatic rings. The van der Waals surface area contributed by atoms with Gasteiger partial charge in [-0.2, -0.15) is 10.1 Å². The van der Waals surface area contributed by atoms with Gasteiger partial charge in [-0.3, -0.25) is 4.68 Å². The Hall–Kier alpha value is -3.06. The summed E-state index contributed by atoms with van der Waals surface area (Å²) in [5, 5.41) is 8.91. The quantitative estimate of drug-likeness (QED) is 0.505. The molecular weight excluding hydrogens is 357 g/mol. The predicted molar refractivity (Wildman–Crippen MR) is 94.0 cm³/mol. The highest BCUT2D eigenvalue weighted by atomic mass is 35.5. The van der Waals surface area contributed by atoms with Gasteiger partial charge >= 0.3 is 0 Å². The molecule has 0 spiro atoms. The van der Waals surface area contributed by atoms with Gasteiger partial charge in [0.25, 0.3) is 5.89 Å². The SMILES string of the molecule is Cc1cc(-c2nc(-c3ccc(F)cc3)no2)nn1Cc1ccc(Cl)nc1. The van der Waals surface area contributed by atoms with Crippen molar-refractivity contribution in [2.45, 2.75) is 13.5 Å². The maximum absolute atomic E-state index is 13.0. The van der Waals surface area contributed by atoms with E-state index in [1.165, 1.54) is 12.1 Å². The Morgan fingerprint density at radius 2 is 1.96 bits per heavy atom. The average Bonchev–Trinajstić information content (AvgIpc) is 3.25. The van der Waals surface area contributed by atoms with Crippen molar-refractivity contribution >= 4 is 11.6 Å². The molecule has 0 bridgehead atoms. The van der Waals surface area contributed by atoms with E-state index in [2.05, 4.69) is 20.2 Å². The fraction of sp³-hybridized carbons (Fsp3) is 0.111. The van der Waals surface area contributed by atoms with Crippen LogP contribution in [-0.2, 0) is 6.54 Å². The molecule has 0 aliphatic carbocycles. The molecule has 0 saturated heterocycles. The number of aryl methyl sites for hydroxylation is 1. The lowest BCUT2D eigenvalue weighted by Crippen LogP contribution is -2.04. The first-order valence-corrected chi connectivity index (χ1v) is 8.21. The monoisotopic (exact) mass is 369 g/mol. The first-order valence-electron chi connectivity index (χ1n) is 7.83. The van der Waals surface area contributed by atoms with Crippen molar-refractivity contribution in [3.05, 3.63) is 70.9 Å². The van der Waals surface area contributed by atoms with Gasteiger partial charge in [0.1, 0.15) is 11.0 Å². The van der Waals surface area contributed by atoms with E-state index >= 15 is 0 Å². The van der Waals surface area contributed by atoms with Crippen LogP contribution in [0, 0.1) is 12.7 Å². The summed E-state index contributed by atoms with van der Waals surface area (Å²) < 4.78 is 20.2. The standard InChI is InChI=1S/C18H13ClFN5O/c1-11-8-15(23-25(11)10-12-2-7-16(19)21-9-12)18-22-17(24-26-18)13-3-5-14(20)6-4-13/h2-9H,10H2,1H3. The predicted octanol–water partition coefficient (Wildman–Crippen LogP) is 4.14. The minimum atomic E-state index is -0.316. The fourth-order valence-corrected chi connectivity index (χ4v) is 2.60. The van der Waals surface area contributed by atoms with Crippen LogP contribution in [0.5, 0.6) is 0 Å². The van der Waals surface area contributed by atoms with E-state index in [4.69, 9.17) is 16.1 Å². The summed E-state index contributed by atoms with van der Waals surface area (Å²) >= 11 is 5.81. The van der Waals surface area contributed by atoms with Crippen LogP contribution in [0.2, 0.25) is 5.15 Å². The Labute approximate surface area is 153 Å². The van der Waals surface area contributed by atoms with E-state index in [0.717, 1.165) is 11.3 Å². The second-order valence-electron chi connectivity index (χ2n) is 5.75. The van der Waals surface area contributed by atoms with Crippen LogP contribution in [0.25, 0.3) is 23.0 Å². The molecule has 4 rings (SSSR count). The number of benzene rings is 1. The van der Waals surface area contributed by atoms with E-state index in [1.807, 2.05) is 23.7 Å². The molecule has 0 saturated carbocycles. The van der Waals surface area contributed by atoms with Crippen molar-refractivity contribution < 1.29 is 8.91 Å². The van der Waals surface area contributed by atoms with Crippen LogP contribution in [0.4, 0.5) is 4.39 Å². The van der Waals surface area contributed by atoms with E-state index in [9.17, 15) is 4.39 Å². The summed E-state index contributed by atoms with van der Waals surface area (Å²) in [6, 6.07) is 11.4. The summed E-state index contributed by atoms with van der Waals surface area (Å²) in [5.41, 5.74) is 3.16. The van der Waals surface area contributed by atoms with E-state index in [1.54, 1.807) is 24.4 Å². The number of hydrogen-bond donors (Lipinski definition) is 0. The van der Waals surface area contributed by atoms with E-state index in [0.29, 0.717) is 34.7 Å². The van der Waals surface area contributed by atoms with Gasteiger partial charge in [0, 0.05) is 17.5 Å². The number of halogens is 2. The van der Waals surface area contributed by atoms with Crippen LogP contribution < -0.4 is 0 Å². The second-order valence-corrected chi connectivity index (χ2v) is 6.14. The second kappa shape index (κ2) is 6.68. The number of nitrogens with zero attached hydrogens (tertiary/aromatic N) is 5. The fourth-order valence-electron chi connectivity index (χ4n) is 2.49. The van der Waals surface area contributed by atoms with E-state index < -0.39 is 0 Å². The molecule has 0 N–H and O–H groups in total. The van der Waals surface area contributed by atoms with Gasteiger partial charge in [-0.1, -0.05) is 22.8 Å². The van der Waals surface area contributed by atoms with Gasteiger partial charge in [0.2, 0.25) is 5.82 Å². The Balaban J connectivity index is 1.59. The molecule has 1 aromatic carbocycles. The van der Waals surface area contributed by atoms with Crippen molar-refractivity contribution in [1.82, 2.24) is 24.9 Å². The minimum absolute atomic E-state index is 0.306. The van der Waals surface area contributed by atoms with Crippen LogP contribution in [0.1, 0.15) is 11.3 Å². The third kappa shape index (κ3) is 3.34. The minimum Gasteiger partial charge on any atom is -0.332 e. The average molecular weight is 370 g/mol. The zero-order valence-electron chi connectivity index (χ0n) is 13.7. The van der Waals surface area contributed by atoms with Gasteiger partial charge in [-0.15, -0.1) is 0 Å². The molecule has 0 atom stereocenters. The third-order valence-corrected chi connectivity index (χ3v) is 4.07. The maximum atomic E-state index is 13.0. The lowest BCUT2D eigenvalue weighted by molar-refractivity contribution is 0.430. The molecule has 0 aliphatic heterocycles. The molecule has 0 aliphatic rings. The smallest absolute Gasteiger partial charge is 0.278 e. The van der Waals surface area contributed by atoms with Gasteiger partial charge in [0.15, 0.2) is 5.69 Å². The zero-order chi connectivity index (χ0) is 18.1. The Morgan fingerprint density at radius 3 is 2.69 bits per heavy atom. The highest BCUT2D eigenvalue weighted by Gasteiger charge is 2.15. The summed E-state index contributed by atoms with van der Waals surface area (Å²) in [6.07, 6.45) is 1.71. The molecule has 3 heterocycles. The number of aromatic nitrogens is 5. The van der Waals surface area contributed by atoms with Crippen LogP contribution in [-0.4, -0.2) is 24.9 Å². The summed E-state index contributed by atoms with van der Waals surface area (Å²) in [7, 11) is 0. The normalized spacial score (nSPS) is 11.0. The lowest BCUT2D eigenvalue weighted by Gasteiger charge is -2.03. The largest absolute Gasteiger partial charge is 0.332 e. The Bertz CT molecular complexity index is 1040. The molecule has 0 unspecified atom stereocenters. The number of hydrogen-bond acceptors (Lipinski definition) is 5. The van der Waals surface area contributed by atoms with Crippen LogP contribution in [0.3, 0.4) is 0 Å². The van der Waals surface area contributed by atoms with Gasteiger partial charge in [0.05, 0.1) is 6.54 Å². The van der Waals surface area contributed by atoms with Crippen molar-refractivity contribution in [3.63, 3.8) is 0 Å². The van der Waals surface area contributed by atoms with Crippen molar-refractivity contribution in [2.24, 2.45) is 0 Å². The number of rotatable bonds is 4. The first-order chi connectivity index (χ1) is 12.6. The zero-order valence-corrected chi connectivity index (χ0v) is 14.5. The number of pyridine rings is 1. The molecular formula is C18H13ClFN5O. The molecule has 0 fully saturated rings. The summed E-state index contributed by atoms with van der Waals surface area (Å²) in [5.74, 6) is 0.373. The Kier molecular flexibility index (Phi) is 4.22. The molecule has 130 valence electrons.